The molecular formula is C80H163B9N26O20. The second kappa shape index (κ2) is 104. The number of hydrogen-bond donors (Lipinski definition) is 24. The summed E-state index contributed by atoms with van der Waals surface area (Å²) in [6.45, 7) is 32.6. The van der Waals surface area contributed by atoms with Crippen LogP contribution in [0.3, 0.4) is 0 Å². The van der Waals surface area contributed by atoms with Crippen LogP contribution >= 0.6 is 0 Å². The van der Waals surface area contributed by atoms with E-state index in [-0.39, 0.29) is 25.8 Å². The maximum atomic E-state index is 12.2. The molecule has 5 atom stereocenters. The van der Waals surface area contributed by atoms with Crippen molar-refractivity contribution in [3.63, 3.8) is 0 Å². The molecule has 0 saturated heterocycles. The van der Waals surface area contributed by atoms with Gasteiger partial charge in [-0.1, -0.05) is 6.08 Å². The fourth-order valence-corrected chi connectivity index (χ4v) is 12.8. The number of hydrogen-bond acceptors (Lipinski definition) is 41. The molecule has 0 radical (unpaired) electrons. The quantitative estimate of drug-likeness (QED) is 0.0133. The van der Waals surface area contributed by atoms with Crippen LogP contribution in [-0.2, 0) is 33.5 Å². The van der Waals surface area contributed by atoms with Gasteiger partial charge in [0.05, 0.1) is 55.0 Å². The Balaban J connectivity index is -0.000000307. The first-order valence-corrected chi connectivity index (χ1v) is 46.7. The molecule has 0 amide bonds. The van der Waals surface area contributed by atoms with E-state index in [1.807, 2.05) is 39.0 Å². The predicted molar refractivity (Wildman–Crippen MR) is 528 cm³/mol. The first-order valence-electron chi connectivity index (χ1n) is 46.7. The fraction of sp³-hybridized carbons (Fsp3) is 0.812. The van der Waals surface area contributed by atoms with E-state index in [0.29, 0.717) is 234 Å². The molecular weight excluding hydrogens is 1740 g/mol. The second-order valence-corrected chi connectivity index (χ2v) is 31.6. The number of nitrogens with zero attached hydrogens (tertiary/aromatic N) is 15. The van der Waals surface area contributed by atoms with Gasteiger partial charge in [0.25, 0.3) is 0 Å². The topological polar surface area (TPSA) is 762 Å². The summed E-state index contributed by atoms with van der Waals surface area (Å²) in [5, 5.41) is 214. The Bertz CT molecular complexity index is 3140. The van der Waals surface area contributed by atoms with E-state index in [9.17, 15) is 84.2 Å². The van der Waals surface area contributed by atoms with Crippen molar-refractivity contribution in [1.82, 2.24) is 76.1 Å². The number of carboxylic acids is 5. The number of rotatable bonds is 81. The van der Waals surface area contributed by atoms with E-state index < -0.39 is 116 Å². The van der Waals surface area contributed by atoms with Crippen LogP contribution in [0.4, 0.5) is 0 Å². The Labute approximate surface area is 807 Å². The first kappa shape index (κ1) is 140. The third kappa shape index (κ3) is 102. The van der Waals surface area contributed by atoms with E-state index in [4.69, 9.17) is 63.8 Å². The molecule has 0 aliphatic carbocycles. The van der Waals surface area contributed by atoms with Crippen molar-refractivity contribution in [2.24, 2.45) is 17.4 Å². The van der Waals surface area contributed by atoms with Crippen LogP contribution in [-0.4, -0.2) is 400 Å². The normalized spacial score (nSPS) is 11.5. The van der Waals surface area contributed by atoms with Gasteiger partial charge in [-0.05, 0) is 275 Å². The molecule has 0 aromatic heterocycles. The molecule has 0 aliphatic heterocycles. The molecule has 55 heteroatoms. The number of carbonyl (C=O) groups is 5. The number of nitriles is 8. The minimum atomic E-state index is -0.962. The summed E-state index contributed by atoms with van der Waals surface area (Å²) in [7, 11) is -4.31. The average Bonchev–Trinajstić information content (AvgIpc) is 0.888. The molecule has 0 fully saturated rings. The van der Waals surface area contributed by atoms with Gasteiger partial charge in [0, 0.05) is 104 Å². The molecule has 0 rings (SSSR count). The molecule has 0 heterocycles. The molecule has 135 heavy (non-hydrogen) atoms. The van der Waals surface area contributed by atoms with Crippen molar-refractivity contribution < 1.29 is 99.2 Å². The van der Waals surface area contributed by atoms with Gasteiger partial charge < -0.3 is 144 Å². The molecule has 0 aromatic carbocycles. The van der Waals surface area contributed by atoms with E-state index >= 15 is 0 Å². The van der Waals surface area contributed by atoms with Crippen molar-refractivity contribution >= 4 is 93.4 Å². The number of carboxylic acid groups (broad SMARTS) is 5. The summed E-state index contributed by atoms with van der Waals surface area (Å²) >= 11 is 0. The Kier molecular flexibility index (Phi) is 108. The average molecular weight is 1910 g/mol. The Morgan fingerprint density at radius 1 is 0.363 bits per heavy atom. The molecule has 46 nitrogen and oxygen atoms in total. The molecule has 0 spiro atoms. The third-order valence-electron chi connectivity index (χ3n) is 19.5. The summed E-state index contributed by atoms with van der Waals surface area (Å²) in [6.07, 6.45) is 15.3. The van der Waals surface area contributed by atoms with Crippen LogP contribution < -0.4 is 59.3 Å². The van der Waals surface area contributed by atoms with Gasteiger partial charge in [0.1, 0.15) is 30.2 Å². The number of aliphatic carboxylic acids is 5. The zero-order valence-corrected chi connectivity index (χ0v) is 81.7. The summed E-state index contributed by atoms with van der Waals surface area (Å²) < 4.78 is 9.20. The van der Waals surface area contributed by atoms with Crippen LogP contribution in [0.5, 0.6) is 0 Å². The zero-order valence-electron chi connectivity index (χ0n) is 81.7. The van der Waals surface area contributed by atoms with Gasteiger partial charge >= 0.3 is 115 Å². The summed E-state index contributed by atoms with van der Waals surface area (Å²) in [5.41, 5.74) is 10.3. The SMILES string of the molecule is C=CCC#N.CB(O)NCCCN(CCCNB(C)O)CCCC(C(=O)O)N(CCCNB(C)O)B(C)O.CB(O)NCCCN(CCCNB(C)O)CCCC(C(=O)O)N(CCCNB(C)O)CCCNB(C)O.N#CCCN(CCC#N)CCCC(C(=O)O)N(CCC#N)CCC#N.N#CCCNC(CCCN(CCC#N)CCC#N)C(=O)O.NCCCC(N)C(=O)O.NOCB=O. The van der Waals surface area contributed by atoms with Crippen LogP contribution in [0, 0.1) is 90.6 Å². The Hall–Kier alpha value is -7.69. The second-order valence-electron chi connectivity index (χ2n) is 31.6. The monoisotopic (exact) mass is 1910 g/mol. The molecule has 5 unspecified atom stereocenters. The Morgan fingerprint density at radius 2 is 0.637 bits per heavy atom. The van der Waals surface area contributed by atoms with Crippen molar-refractivity contribution in [2.45, 2.75) is 245 Å². The number of allylic oxidation sites excluding steroid dienone is 1. The maximum absolute atomic E-state index is 12.2. The summed E-state index contributed by atoms with van der Waals surface area (Å²) in [6, 6.07) is 12.6. The summed E-state index contributed by atoms with van der Waals surface area (Å²) in [5.74, 6) is -0.215. The van der Waals surface area contributed by atoms with Crippen LogP contribution in [0.2, 0.25) is 54.6 Å². The van der Waals surface area contributed by atoms with Gasteiger partial charge in [-0.15, -0.1) is 6.58 Å². The van der Waals surface area contributed by atoms with Crippen LogP contribution in [0.1, 0.15) is 161 Å². The van der Waals surface area contributed by atoms with E-state index in [1.165, 1.54) is 0 Å². The predicted octanol–water partition coefficient (Wildman–Crippen LogP) is -2.17. The van der Waals surface area contributed by atoms with Gasteiger partial charge in [-0.25, -0.2) is 0 Å². The molecule has 0 aromatic rings. The van der Waals surface area contributed by atoms with Crippen molar-refractivity contribution in [3.05, 3.63) is 12.7 Å². The Morgan fingerprint density at radius 3 is 0.874 bits per heavy atom. The third-order valence-corrected chi connectivity index (χ3v) is 19.5. The van der Waals surface area contributed by atoms with Crippen molar-refractivity contribution in [2.75, 3.05) is 177 Å². The molecule has 0 bridgehead atoms. The summed E-state index contributed by atoms with van der Waals surface area (Å²) in [4.78, 5) is 74.5. The number of nitrogens with one attached hydrogen (secondary N) is 8. The van der Waals surface area contributed by atoms with E-state index in [0.717, 1.165) is 84.2 Å². The van der Waals surface area contributed by atoms with Gasteiger partial charge in [-0.3, -0.25) is 33.8 Å². The van der Waals surface area contributed by atoms with E-state index in [2.05, 4.69) is 93.3 Å². The molecule has 760 valence electrons. The molecule has 0 saturated carbocycles. The fourth-order valence-electron chi connectivity index (χ4n) is 12.8. The van der Waals surface area contributed by atoms with Gasteiger partial charge in [-0.2, -0.15) is 42.1 Å². The van der Waals surface area contributed by atoms with E-state index in [1.54, 1.807) is 70.4 Å². The van der Waals surface area contributed by atoms with Gasteiger partial charge in [0.2, 0.25) is 0 Å². The van der Waals surface area contributed by atoms with Crippen LogP contribution in [0.15, 0.2) is 12.7 Å². The van der Waals surface area contributed by atoms with Crippen LogP contribution in [0.25, 0.3) is 0 Å². The molecule has 27 N–H and O–H groups in total. The standard InChI is InChI=1S/C21H52B4N6O6.C18H45B4N5O6.C17H24N6O2.C14H21N5O2.C5H12N2O2.C4H5N.CH4BNO2/c1-22(34)26-11-6-16-30(17-7-12-27-23(2)35)15-5-10-20(21(32)33)31(18-8-13-28-24(3)36)19-9-14-29-25(4)37;1-19(30)23-10-6-14-26(15-7-11-24-20(2)31)13-5-9-17(18(28)29)27(22(4)33)16-8-12-25-21(3)32;18-7-2-12-22(13-3-8-19)11-1-6-16(17(24)25)23(14-4-9-20)15-5-10-21;15-6-2-9-18-13(14(20)21)5-1-10-19(11-3-7-16)12-4-8-17;6-3-1-2-4(7)5(8)9;1-2-3-4-5;3-5-1-2-4/h20,26-29,34-37H,5-19H2,1-4H3,(H,32,33);17,23-25,30-33H,5-16H2,1-4H3,(H,28,29);16H,1-6,11-15H2,(H,24,25);13,18H,1-5,9-12H2,(H,20,21);4H,1-3,6-7H2,(H,8,9);2H,1,3H2;1,3H2. The van der Waals surface area contributed by atoms with Gasteiger partial charge in [0.15, 0.2) is 0 Å². The minimum absolute atomic E-state index is 0.0139. The molecule has 0 aliphatic rings. The van der Waals surface area contributed by atoms with Crippen molar-refractivity contribution in [1.29, 1.82) is 42.1 Å². The zero-order chi connectivity index (χ0) is 104. The number of nitrogens with two attached hydrogens (primary N) is 3. The van der Waals surface area contributed by atoms with Crippen molar-refractivity contribution in [3.8, 4) is 48.6 Å². The first-order chi connectivity index (χ1) is 64.3.